The molecular formula is C19H14ClNO4. The predicted octanol–water partition coefficient (Wildman–Crippen LogP) is 4.45. The van der Waals surface area contributed by atoms with Crippen molar-refractivity contribution in [1.82, 2.24) is 0 Å². The molecule has 0 bridgehead atoms. The monoisotopic (exact) mass is 355 g/mol. The quantitative estimate of drug-likeness (QED) is 0.724. The van der Waals surface area contributed by atoms with Crippen LogP contribution in [0.25, 0.3) is 10.8 Å². The van der Waals surface area contributed by atoms with E-state index >= 15 is 0 Å². The van der Waals surface area contributed by atoms with Crippen molar-refractivity contribution in [3.63, 3.8) is 0 Å². The maximum atomic E-state index is 12.6. The zero-order valence-corrected chi connectivity index (χ0v) is 14.0. The van der Waals surface area contributed by atoms with Crippen molar-refractivity contribution in [3.05, 3.63) is 70.7 Å². The van der Waals surface area contributed by atoms with E-state index in [4.69, 9.17) is 21.4 Å². The molecule has 0 fully saturated rings. The molecule has 0 atom stereocenters. The third kappa shape index (κ3) is 3.41. The minimum Gasteiger partial charge on any atom is -0.496 e. The number of ether oxygens (including phenoxy) is 1. The van der Waals surface area contributed by atoms with Gasteiger partial charge in [-0.2, -0.15) is 0 Å². The van der Waals surface area contributed by atoms with E-state index in [1.807, 2.05) is 24.3 Å². The Kier molecular flexibility index (Phi) is 4.59. The fourth-order valence-corrected chi connectivity index (χ4v) is 2.73. The van der Waals surface area contributed by atoms with Gasteiger partial charge in [-0.1, -0.05) is 35.9 Å². The average molecular weight is 356 g/mol. The lowest BCUT2D eigenvalue weighted by atomic mass is 10.1. The minimum absolute atomic E-state index is 0.0788. The molecule has 0 aliphatic rings. The number of aromatic carboxylic acids is 1. The number of benzene rings is 3. The van der Waals surface area contributed by atoms with Gasteiger partial charge >= 0.3 is 5.97 Å². The highest BCUT2D eigenvalue weighted by Gasteiger charge is 2.16. The Morgan fingerprint density at radius 2 is 1.68 bits per heavy atom. The number of hydrogen-bond acceptors (Lipinski definition) is 3. The number of carbonyl (C=O) groups excluding carboxylic acids is 1. The number of anilines is 1. The van der Waals surface area contributed by atoms with Gasteiger partial charge in [0.25, 0.3) is 5.91 Å². The Balaban J connectivity index is 1.97. The van der Waals surface area contributed by atoms with Gasteiger partial charge in [-0.05, 0) is 41.1 Å². The van der Waals surface area contributed by atoms with E-state index in [1.54, 1.807) is 18.2 Å². The van der Waals surface area contributed by atoms with Crippen molar-refractivity contribution in [2.75, 3.05) is 12.4 Å². The molecule has 126 valence electrons. The first-order valence-corrected chi connectivity index (χ1v) is 7.78. The number of amides is 1. The van der Waals surface area contributed by atoms with Gasteiger partial charge in [0, 0.05) is 5.69 Å². The number of carboxylic acid groups (broad SMARTS) is 1. The Morgan fingerprint density at radius 1 is 1.00 bits per heavy atom. The van der Waals surface area contributed by atoms with Crippen molar-refractivity contribution >= 4 is 39.9 Å². The Morgan fingerprint density at radius 3 is 2.32 bits per heavy atom. The SMILES string of the molecule is COc1cc2ccccc2cc1C(=O)Nc1ccc(Cl)c(C(=O)O)c1. The van der Waals surface area contributed by atoms with Crippen LogP contribution in [0.15, 0.2) is 54.6 Å². The molecule has 0 saturated carbocycles. The van der Waals surface area contributed by atoms with Crippen LogP contribution in [0.2, 0.25) is 5.02 Å². The van der Waals surface area contributed by atoms with Gasteiger partial charge in [0.05, 0.1) is 23.3 Å². The number of nitrogens with one attached hydrogen (secondary N) is 1. The summed E-state index contributed by atoms with van der Waals surface area (Å²) in [6.45, 7) is 0. The summed E-state index contributed by atoms with van der Waals surface area (Å²) in [4.78, 5) is 23.8. The summed E-state index contributed by atoms with van der Waals surface area (Å²) in [5, 5.41) is 13.8. The summed E-state index contributed by atoms with van der Waals surface area (Å²) in [7, 11) is 1.49. The summed E-state index contributed by atoms with van der Waals surface area (Å²) < 4.78 is 5.32. The maximum absolute atomic E-state index is 12.6. The Bertz CT molecular complexity index is 984. The molecule has 3 aromatic rings. The molecule has 1 amide bonds. The predicted molar refractivity (Wildman–Crippen MR) is 96.9 cm³/mol. The molecule has 0 heterocycles. The summed E-state index contributed by atoms with van der Waals surface area (Å²) in [5.41, 5.74) is 0.611. The highest BCUT2D eigenvalue weighted by Crippen LogP contribution is 2.27. The number of fused-ring (bicyclic) bond motifs is 1. The molecular weight excluding hydrogens is 342 g/mol. The lowest BCUT2D eigenvalue weighted by Gasteiger charge is -2.12. The molecule has 0 saturated heterocycles. The lowest BCUT2D eigenvalue weighted by molar-refractivity contribution is 0.0696. The van der Waals surface area contributed by atoms with Gasteiger partial charge in [-0.25, -0.2) is 4.79 Å². The van der Waals surface area contributed by atoms with Crippen molar-refractivity contribution in [3.8, 4) is 5.75 Å². The lowest BCUT2D eigenvalue weighted by Crippen LogP contribution is -2.14. The molecule has 0 unspecified atom stereocenters. The van der Waals surface area contributed by atoms with E-state index in [9.17, 15) is 9.59 Å². The fraction of sp³-hybridized carbons (Fsp3) is 0.0526. The zero-order chi connectivity index (χ0) is 18.0. The zero-order valence-electron chi connectivity index (χ0n) is 13.2. The van der Waals surface area contributed by atoms with Crippen molar-refractivity contribution in [2.45, 2.75) is 0 Å². The van der Waals surface area contributed by atoms with Crippen molar-refractivity contribution < 1.29 is 19.4 Å². The molecule has 0 aromatic heterocycles. The van der Waals surface area contributed by atoms with E-state index in [0.717, 1.165) is 10.8 Å². The molecule has 0 aliphatic heterocycles. The second-order valence-electron chi connectivity index (χ2n) is 5.35. The normalized spacial score (nSPS) is 10.5. The topological polar surface area (TPSA) is 75.6 Å². The minimum atomic E-state index is -1.16. The number of rotatable bonds is 4. The number of carbonyl (C=O) groups is 2. The maximum Gasteiger partial charge on any atom is 0.337 e. The first-order chi connectivity index (χ1) is 12.0. The third-order valence-corrected chi connectivity index (χ3v) is 4.10. The average Bonchev–Trinajstić information content (AvgIpc) is 2.61. The van der Waals surface area contributed by atoms with E-state index < -0.39 is 11.9 Å². The summed E-state index contributed by atoms with van der Waals surface area (Å²) in [6.07, 6.45) is 0. The fourth-order valence-electron chi connectivity index (χ4n) is 2.53. The van der Waals surface area contributed by atoms with Crippen LogP contribution in [-0.2, 0) is 0 Å². The first-order valence-electron chi connectivity index (χ1n) is 7.40. The second-order valence-corrected chi connectivity index (χ2v) is 5.76. The summed E-state index contributed by atoms with van der Waals surface area (Å²) in [6, 6.07) is 15.4. The van der Waals surface area contributed by atoms with Crippen LogP contribution in [0.4, 0.5) is 5.69 Å². The molecule has 3 rings (SSSR count). The van der Waals surface area contributed by atoms with Crippen LogP contribution in [0, 0.1) is 0 Å². The molecule has 6 heteroatoms. The van der Waals surface area contributed by atoms with E-state index in [-0.39, 0.29) is 10.6 Å². The number of halogens is 1. The van der Waals surface area contributed by atoms with Crippen LogP contribution in [0.3, 0.4) is 0 Å². The highest BCUT2D eigenvalue weighted by atomic mass is 35.5. The van der Waals surface area contributed by atoms with Crippen LogP contribution in [0.1, 0.15) is 20.7 Å². The van der Waals surface area contributed by atoms with Crippen LogP contribution in [-0.4, -0.2) is 24.1 Å². The van der Waals surface area contributed by atoms with Crippen LogP contribution < -0.4 is 10.1 Å². The Hall–Kier alpha value is -3.05. The standard InChI is InChI=1S/C19H14ClNO4/c1-25-17-9-12-5-3-2-4-11(12)8-15(17)18(22)21-13-6-7-16(20)14(10-13)19(23)24/h2-10H,1H3,(H,21,22)(H,23,24). The molecule has 25 heavy (non-hydrogen) atoms. The largest absolute Gasteiger partial charge is 0.496 e. The van der Waals surface area contributed by atoms with Gasteiger partial charge in [0.15, 0.2) is 0 Å². The molecule has 0 radical (unpaired) electrons. The summed E-state index contributed by atoms with van der Waals surface area (Å²) in [5.74, 6) is -1.13. The van der Waals surface area contributed by atoms with Gasteiger partial charge < -0.3 is 15.2 Å². The van der Waals surface area contributed by atoms with Crippen LogP contribution in [0.5, 0.6) is 5.75 Å². The molecule has 2 N–H and O–H groups in total. The number of methoxy groups -OCH3 is 1. The summed E-state index contributed by atoms with van der Waals surface area (Å²) >= 11 is 5.84. The van der Waals surface area contributed by atoms with Gasteiger partial charge in [0.1, 0.15) is 5.75 Å². The van der Waals surface area contributed by atoms with Crippen molar-refractivity contribution in [2.24, 2.45) is 0 Å². The van der Waals surface area contributed by atoms with Gasteiger partial charge in [-0.3, -0.25) is 4.79 Å². The molecule has 5 nitrogen and oxygen atoms in total. The first kappa shape index (κ1) is 16.8. The third-order valence-electron chi connectivity index (χ3n) is 3.77. The van der Waals surface area contributed by atoms with Gasteiger partial charge in [0.2, 0.25) is 0 Å². The molecule has 0 spiro atoms. The number of hydrogen-bond donors (Lipinski definition) is 2. The second kappa shape index (κ2) is 6.83. The Labute approximate surface area is 148 Å². The molecule has 3 aromatic carbocycles. The van der Waals surface area contributed by atoms with Crippen LogP contribution >= 0.6 is 11.6 Å². The van der Waals surface area contributed by atoms with E-state index in [0.29, 0.717) is 17.0 Å². The van der Waals surface area contributed by atoms with Gasteiger partial charge in [-0.15, -0.1) is 0 Å². The highest BCUT2D eigenvalue weighted by molar-refractivity contribution is 6.33. The van der Waals surface area contributed by atoms with E-state index in [1.165, 1.54) is 19.2 Å². The molecule has 0 aliphatic carbocycles. The number of carboxylic acids is 1. The van der Waals surface area contributed by atoms with E-state index in [2.05, 4.69) is 5.32 Å². The van der Waals surface area contributed by atoms with Crippen molar-refractivity contribution in [1.29, 1.82) is 0 Å². The smallest absolute Gasteiger partial charge is 0.337 e.